The minimum atomic E-state index is -0.508. The van der Waals surface area contributed by atoms with Crippen molar-refractivity contribution >= 4 is 36.0 Å². The van der Waals surface area contributed by atoms with Crippen molar-refractivity contribution in [3.05, 3.63) is 34.9 Å². The first kappa shape index (κ1) is 14.1. The Morgan fingerprint density at radius 1 is 1.35 bits per heavy atom. The zero-order valence-electron chi connectivity index (χ0n) is 9.35. The molecule has 0 amide bonds. The second-order valence-electron chi connectivity index (χ2n) is 3.54. The maximum atomic E-state index is 11.9. The van der Waals surface area contributed by atoms with E-state index in [0.29, 0.717) is 10.6 Å². The molecule has 0 spiro atoms. The highest BCUT2D eigenvalue weighted by atomic mass is 35.5. The molecule has 0 radical (unpaired) electrons. The minimum absolute atomic E-state index is 0.0950. The number of hydrogen-bond donors (Lipinski definition) is 1. The lowest BCUT2D eigenvalue weighted by atomic mass is 10.00. The van der Waals surface area contributed by atoms with Gasteiger partial charge in [-0.05, 0) is 24.3 Å². The van der Waals surface area contributed by atoms with E-state index in [-0.39, 0.29) is 18.0 Å². The van der Waals surface area contributed by atoms with Crippen molar-refractivity contribution in [2.75, 3.05) is 12.9 Å². The van der Waals surface area contributed by atoms with Gasteiger partial charge in [-0.25, -0.2) is 0 Å². The van der Waals surface area contributed by atoms with Gasteiger partial charge < -0.3 is 4.74 Å². The summed E-state index contributed by atoms with van der Waals surface area (Å²) in [6.07, 6.45) is 0.0950. The average molecular weight is 273 g/mol. The topological polar surface area (TPSA) is 43.4 Å². The van der Waals surface area contributed by atoms with Crippen LogP contribution in [0, 0.1) is 5.92 Å². The van der Waals surface area contributed by atoms with Crippen LogP contribution in [0.25, 0.3) is 0 Å². The van der Waals surface area contributed by atoms with Crippen molar-refractivity contribution in [2.45, 2.75) is 6.42 Å². The first-order valence-electron chi connectivity index (χ1n) is 5.06. The van der Waals surface area contributed by atoms with E-state index in [2.05, 4.69) is 17.4 Å². The van der Waals surface area contributed by atoms with E-state index in [1.807, 2.05) is 0 Å². The lowest BCUT2D eigenvalue weighted by Gasteiger charge is -2.10. The molecule has 92 valence electrons. The molecule has 1 aromatic rings. The monoisotopic (exact) mass is 272 g/mol. The number of esters is 1. The summed E-state index contributed by atoms with van der Waals surface area (Å²) in [7, 11) is 1.30. The molecule has 0 saturated carbocycles. The number of carbonyl (C=O) groups excluding carboxylic acids is 2. The molecule has 1 atom stereocenters. The van der Waals surface area contributed by atoms with Crippen LogP contribution in [0.3, 0.4) is 0 Å². The van der Waals surface area contributed by atoms with E-state index in [9.17, 15) is 9.59 Å². The SMILES string of the molecule is COC(=O)C(CS)CC(=O)c1ccc(Cl)cc1. The third-order valence-electron chi connectivity index (χ3n) is 2.35. The molecule has 3 nitrogen and oxygen atoms in total. The molecule has 0 saturated heterocycles. The number of ether oxygens (including phenoxy) is 1. The predicted molar refractivity (Wildman–Crippen MR) is 69.8 cm³/mol. The van der Waals surface area contributed by atoms with Crippen LogP contribution < -0.4 is 0 Å². The molecule has 5 heteroatoms. The number of thiol groups is 1. The molecule has 0 fully saturated rings. The van der Waals surface area contributed by atoms with Crippen molar-refractivity contribution in [3.8, 4) is 0 Å². The quantitative estimate of drug-likeness (QED) is 0.509. The van der Waals surface area contributed by atoms with Gasteiger partial charge in [0.15, 0.2) is 5.78 Å². The van der Waals surface area contributed by atoms with Crippen LogP contribution in [0.5, 0.6) is 0 Å². The lowest BCUT2D eigenvalue weighted by molar-refractivity contribution is -0.144. The van der Waals surface area contributed by atoms with Gasteiger partial charge in [0.25, 0.3) is 0 Å². The summed E-state index contributed by atoms with van der Waals surface area (Å²) in [4.78, 5) is 23.2. The smallest absolute Gasteiger partial charge is 0.309 e. The average Bonchev–Trinajstić information content (AvgIpc) is 2.35. The number of hydrogen-bond acceptors (Lipinski definition) is 4. The molecule has 0 aromatic heterocycles. The fourth-order valence-electron chi connectivity index (χ4n) is 1.37. The second-order valence-corrected chi connectivity index (χ2v) is 4.34. The van der Waals surface area contributed by atoms with Crippen LogP contribution in [-0.4, -0.2) is 24.6 Å². The highest BCUT2D eigenvalue weighted by Crippen LogP contribution is 2.15. The second kappa shape index (κ2) is 6.67. The molecule has 0 N–H and O–H groups in total. The Morgan fingerprint density at radius 2 is 1.94 bits per heavy atom. The summed E-state index contributed by atoms with van der Waals surface area (Å²) in [6.45, 7) is 0. The highest BCUT2D eigenvalue weighted by Gasteiger charge is 2.21. The summed E-state index contributed by atoms with van der Waals surface area (Å²) >= 11 is 9.76. The Balaban J connectivity index is 2.71. The first-order valence-corrected chi connectivity index (χ1v) is 6.07. The number of rotatable bonds is 5. The molecule has 0 aliphatic carbocycles. The van der Waals surface area contributed by atoms with Crippen molar-refractivity contribution < 1.29 is 14.3 Å². The number of ketones is 1. The Labute approximate surface area is 111 Å². The Morgan fingerprint density at radius 3 is 2.41 bits per heavy atom. The van der Waals surface area contributed by atoms with Crippen LogP contribution >= 0.6 is 24.2 Å². The molecule has 1 unspecified atom stereocenters. The minimum Gasteiger partial charge on any atom is -0.469 e. The van der Waals surface area contributed by atoms with Crippen LogP contribution in [-0.2, 0) is 9.53 Å². The molecule has 1 aromatic carbocycles. The molecule has 0 heterocycles. The molecule has 1 rings (SSSR count). The van der Waals surface area contributed by atoms with Gasteiger partial charge in [-0.3, -0.25) is 9.59 Å². The normalized spacial score (nSPS) is 11.9. The molecule has 0 aliphatic rings. The summed E-state index contributed by atoms with van der Waals surface area (Å²) < 4.78 is 4.60. The van der Waals surface area contributed by atoms with Gasteiger partial charge >= 0.3 is 5.97 Å². The Bertz CT molecular complexity index is 403. The number of carbonyl (C=O) groups is 2. The highest BCUT2D eigenvalue weighted by molar-refractivity contribution is 7.80. The lowest BCUT2D eigenvalue weighted by Crippen LogP contribution is -2.21. The van der Waals surface area contributed by atoms with Gasteiger partial charge in [0, 0.05) is 22.8 Å². The first-order chi connectivity index (χ1) is 8.08. The zero-order chi connectivity index (χ0) is 12.8. The summed E-state index contributed by atoms with van der Waals surface area (Å²) in [5.41, 5.74) is 0.532. The molecular formula is C12H13ClO3S. The van der Waals surface area contributed by atoms with Gasteiger partial charge in [-0.1, -0.05) is 11.6 Å². The Kier molecular flexibility index (Phi) is 5.51. The van der Waals surface area contributed by atoms with Crippen LogP contribution in [0.2, 0.25) is 5.02 Å². The van der Waals surface area contributed by atoms with Crippen LogP contribution in [0.1, 0.15) is 16.8 Å². The van der Waals surface area contributed by atoms with Gasteiger partial charge in [0.2, 0.25) is 0 Å². The van der Waals surface area contributed by atoms with E-state index in [1.165, 1.54) is 7.11 Å². The van der Waals surface area contributed by atoms with Gasteiger partial charge in [-0.15, -0.1) is 0 Å². The van der Waals surface area contributed by atoms with Gasteiger partial charge in [-0.2, -0.15) is 12.6 Å². The molecular weight excluding hydrogens is 260 g/mol. The fraction of sp³-hybridized carbons (Fsp3) is 0.333. The summed E-state index contributed by atoms with van der Waals surface area (Å²) in [5.74, 6) is -0.758. The number of methoxy groups -OCH3 is 1. The third kappa shape index (κ3) is 4.06. The molecule has 0 bridgehead atoms. The Hall–Kier alpha value is -1.00. The van der Waals surface area contributed by atoms with Crippen molar-refractivity contribution in [3.63, 3.8) is 0 Å². The number of halogens is 1. The summed E-state index contributed by atoms with van der Waals surface area (Å²) in [6, 6.07) is 6.56. The van der Waals surface area contributed by atoms with E-state index in [0.717, 1.165) is 0 Å². The van der Waals surface area contributed by atoms with Crippen molar-refractivity contribution in [1.29, 1.82) is 0 Å². The predicted octanol–water partition coefficient (Wildman–Crippen LogP) is 2.63. The number of Topliss-reactive ketones (excluding diaryl/α,β-unsaturated/α-hetero) is 1. The maximum absolute atomic E-state index is 11.9. The van der Waals surface area contributed by atoms with Crippen molar-refractivity contribution in [1.82, 2.24) is 0 Å². The van der Waals surface area contributed by atoms with E-state index in [4.69, 9.17) is 11.6 Å². The van der Waals surface area contributed by atoms with Crippen LogP contribution in [0.15, 0.2) is 24.3 Å². The van der Waals surface area contributed by atoms with Gasteiger partial charge in [0.05, 0.1) is 13.0 Å². The number of benzene rings is 1. The van der Waals surface area contributed by atoms with E-state index >= 15 is 0 Å². The van der Waals surface area contributed by atoms with Gasteiger partial charge in [0.1, 0.15) is 0 Å². The van der Waals surface area contributed by atoms with Crippen molar-refractivity contribution in [2.24, 2.45) is 5.92 Å². The van der Waals surface area contributed by atoms with E-state index < -0.39 is 11.9 Å². The summed E-state index contributed by atoms with van der Waals surface area (Å²) in [5, 5.41) is 0.570. The van der Waals surface area contributed by atoms with Crippen LogP contribution in [0.4, 0.5) is 0 Å². The standard InChI is InChI=1S/C12H13ClO3S/c1-16-12(15)9(7-17)6-11(14)8-2-4-10(13)5-3-8/h2-5,9,17H,6-7H2,1H3. The molecule has 17 heavy (non-hydrogen) atoms. The molecule has 0 aliphatic heterocycles. The largest absolute Gasteiger partial charge is 0.469 e. The van der Waals surface area contributed by atoms with E-state index in [1.54, 1.807) is 24.3 Å². The third-order valence-corrected chi connectivity index (χ3v) is 3.05. The maximum Gasteiger partial charge on any atom is 0.309 e. The fourth-order valence-corrected chi connectivity index (χ4v) is 1.77. The zero-order valence-corrected chi connectivity index (χ0v) is 11.0.